The minimum absolute atomic E-state index is 0.0273. The number of rotatable bonds is 9. The van der Waals surface area contributed by atoms with Crippen LogP contribution in [-0.4, -0.2) is 115 Å². The Bertz CT molecular complexity index is 2470. The largest absolute Gasteiger partial charge is 0.378 e. The molecule has 9 rings (SSSR count). The normalized spacial score (nSPS) is 15.8. The van der Waals surface area contributed by atoms with Gasteiger partial charge in [0, 0.05) is 105 Å². The summed E-state index contributed by atoms with van der Waals surface area (Å²) in [5.41, 5.74) is 8.72. The SMILES string of the molecule is CCNC(=O)Nc1ccc(-c2nc3c(c(N4CCOCC4)n2)CCN(c2ccc(=O)n(C)c2)C3)cc1.CCNC(=O)Nc1ccc(-c2nc3c(c(N4CCOCC4)n2)CCNC3)cc1. The summed E-state index contributed by atoms with van der Waals surface area (Å²) >= 11 is 0. The second-order valence-electron chi connectivity index (χ2n) is 15.8. The van der Waals surface area contributed by atoms with Crippen molar-refractivity contribution in [2.24, 2.45) is 7.05 Å². The van der Waals surface area contributed by atoms with Gasteiger partial charge in [0.05, 0.1) is 50.0 Å². The third kappa shape index (κ3) is 10.6. The van der Waals surface area contributed by atoms with Crippen molar-refractivity contribution in [2.45, 2.75) is 39.8 Å². The average molecular weight is 872 g/mol. The number of urea groups is 2. The van der Waals surface area contributed by atoms with E-state index in [1.165, 1.54) is 11.1 Å². The number of fused-ring (bicyclic) bond motifs is 2. The van der Waals surface area contributed by atoms with Crippen LogP contribution < -0.4 is 46.8 Å². The monoisotopic (exact) mass is 871 g/mol. The number of amides is 4. The molecule has 0 saturated carbocycles. The van der Waals surface area contributed by atoms with Crippen molar-refractivity contribution in [3.05, 3.63) is 99.7 Å². The van der Waals surface area contributed by atoms with E-state index >= 15 is 0 Å². The van der Waals surface area contributed by atoms with Crippen molar-refractivity contribution in [1.82, 2.24) is 40.5 Å². The summed E-state index contributed by atoms with van der Waals surface area (Å²) in [5.74, 6) is 3.38. The molecule has 4 amide bonds. The van der Waals surface area contributed by atoms with Gasteiger partial charge in [0.15, 0.2) is 11.6 Å². The minimum Gasteiger partial charge on any atom is -0.378 e. The number of hydrogen-bond acceptors (Lipinski definition) is 13. The highest BCUT2D eigenvalue weighted by atomic mass is 16.5. The highest BCUT2D eigenvalue weighted by Crippen LogP contribution is 2.33. The molecule has 0 bridgehead atoms. The van der Waals surface area contributed by atoms with Crippen LogP contribution in [0.1, 0.15) is 36.4 Å². The fourth-order valence-corrected chi connectivity index (χ4v) is 8.15. The lowest BCUT2D eigenvalue weighted by atomic mass is 10.0. The van der Waals surface area contributed by atoms with Gasteiger partial charge < -0.3 is 55.3 Å². The van der Waals surface area contributed by atoms with Crippen molar-refractivity contribution < 1.29 is 19.1 Å². The number of carbonyl (C=O) groups is 2. The molecule has 2 saturated heterocycles. The number of pyridine rings is 1. The lowest BCUT2D eigenvalue weighted by Gasteiger charge is -2.35. The quantitative estimate of drug-likeness (QED) is 0.142. The highest BCUT2D eigenvalue weighted by molar-refractivity contribution is 5.90. The Kier molecular flexibility index (Phi) is 14.2. The zero-order valence-electron chi connectivity index (χ0n) is 36.8. The van der Waals surface area contributed by atoms with Gasteiger partial charge >= 0.3 is 12.1 Å². The first-order valence-corrected chi connectivity index (χ1v) is 22.1. The topological polar surface area (TPSA) is 196 Å². The number of morpholine rings is 2. The van der Waals surface area contributed by atoms with Crippen LogP contribution in [0.2, 0.25) is 0 Å². The maximum atomic E-state index is 11.9. The maximum Gasteiger partial charge on any atom is 0.319 e. The second-order valence-corrected chi connectivity index (χ2v) is 15.8. The van der Waals surface area contributed by atoms with Crippen molar-refractivity contribution in [3.63, 3.8) is 0 Å². The van der Waals surface area contributed by atoms with Crippen LogP contribution in [0.3, 0.4) is 0 Å². The highest BCUT2D eigenvalue weighted by Gasteiger charge is 2.27. The van der Waals surface area contributed by atoms with E-state index in [-0.39, 0.29) is 17.6 Å². The molecule has 64 heavy (non-hydrogen) atoms. The van der Waals surface area contributed by atoms with Crippen molar-refractivity contribution >= 4 is 40.8 Å². The number of carbonyl (C=O) groups excluding carboxylic acids is 2. The van der Waals surface area contributed by atoms with E-state index in [9.17, 15) is 14.4 Å². The fourth-order valence-electron chi connectivity index (χ4n) is 8.15. The van der Waals surface area contributed by atoms with Crippen molar-refractivity contribution in [2.75, 3.05) is 104 Å². The Labute approximate surface area is 372 Å². The van der Waals surface area contributed by atoms with Gasteiger partial charge in [-0.3, -0.25) is 4.79 Å². The number of ether oxygens (including phenoxy) is 2. The fraction of sp³-hybridized carbons (Fsp3) is 0.413. The van der Waals surface area contributed by atoms with E-state index in [1.807, 2.05) is 74.6 Å². The van der Waals surface area contributed by atoms with Gasteiger partial charge in [0.2, 0.25) is 5.56 Å². The third-order valence-corrected chi connectivity index (χ3v) is 11.5. The summed E-state index contributed by atoms with van der Waals surface area (Å²) in [4.78, 5) is 62.0. The van der Waals surface area contributed by atoms with Gasteiger partial charge in [-0.1, -0.05) is 0 Å². The Morgan fingerprint density at radius 1 is 0.641 bits per heavy atom. The van der Waals surface area contributed by atoms with Gasteiger partial charge in [0.1, 0.15) is 11.6 Å². The van der Waals surface area contributed by atoms with E-state index in [2.05, 4.69) is 41.3 Å². The molecule has 18 nitrogen and oxygen atoms in total. The van der Waals surface area contributed by atoms with E-state index in [4.69, 9.17) is 29.4 Å². The predicted molar refractivity (Wildman–Crippen MR) is 248 cm³/mol. The molecule has 336 valence electrons. The number of benzene rings is 2. The Balaban J connectivity index is 0.000000181. The standard InChI is InChI=1S/C26H31N7O3.C20H26N6O2/c1-3-27-26(35)28-19-6-4-18(5-7-19)24-29-22-17-33(20-8-9-23(34)31(2)16-20)11-10-21(22)25(30-24)32-12-14-36-15-13-32;1-2-22-20(27)23-15-5-3-14(4-6-15)18-24-17-13-21-8-7-16(17)19(25-18)26-9-11-28-12-10-26/h4-9,16H,3,10-15,17H2,1-2H3,(H2,27,28,35);3-6,21H,2,7-13H2,1H3,(H2,22,23,27). The van der Waals surface area contributed by atoms with Crippen molar-refractivity contribution in [3.8, 4) is 22.8 Å². The Hall–Kier alpha value is -6.63. The first-order valence-electron chi connectivity index (χ1n) is 22.1. The van der Waals surface area contributed by atoms with Crippen LogP contribution in [0.4, 0.5) is 38.3 Å². The summed E-state index contributed by atoms with van der Waals surface area (Å²) in [5, 5.41) is 14.5. The van der Waals surface area contributed by atoms with Gasteiger partial charge in [-0.25, -0.2) is 29.5 Å². The van der Waals surface area contributed by atoms with E-state index in [1.54, 1.807) is 17.7 Å². The molecular weight excluding hydrogens is 815 g/mol. The van der Waals surface area contributed by atoms with Gasteiger partial charge in [-0.15, -0.1) is 0 Å². The molecule has 0 atom stereocenters. The smallest absolute Gasteiger partial charge is 0.319 e. The van der Waals surface area contributed by atoms with Gasteiger partial charge in [-0.05, 0) is 87.8 Å². The molecule has 4 aliphatic heterocycles. The Morgan fingerprint density at radius 3 is 1.67 bits per heavy atom. The molecule has 5 aromatic rings. The van der Waals surface area contributed by atoms with Gasteiger partial charge in [0.25, 0.3) is 0 Å². The molecule has 4 aliphatic rings. The van der Waals surface area contributed by atoms with E-state index in [0.717, 1.165) is 117 Å². The van der Waals surface area contributed by atoms with Crippen LogP contribution in [0.25, 0.3) is 22.8 Å². The van der Waals surface area contributed by atoms with Crippen LogP contribution >= 0.6 is 0 Å². The summed E-state index contributed by atoms with van der Waals surface area (Å²) in [6, 6.07) is 18.3. The van der Waals surface area contributed by atoms with Crippen molar-refractivity contribution in [1.29, 1.82) is 0 Å². The molecule has 2 fully saturated rings. The number of nitrogens with zero attached hydrogens (tertiary/aromatic N) is 8. The Morgan fingerprint density at radius 2 is 1.16 bits per heavy atom. The molecule has 0 aliphatic carbocycles. The molecule has 0 unspecified atom stereocenters. The second kappa shape index (κ2) is 20.7. The summed E-state index contributed by atoms with van der Waals surface area (Å²) in [7, 11) is 1.77. The summed E-state index contributed by atoms with van der Waals surface area (Å²) in [6.07, 6.45) is 3.64. The molecule has 5 N–H and O–H groups in total. The molecule has 0 spiro atoms. The first-order chi connectivity index (χ1) is 31.3. The zero-order chi connectivity index (χ0) is 44.4. The third-order valence-electron chi connectivity index (χ3n) is 11.5. The number of nitrogens with one attached hydrogen (secondary N) is 5. The lowest BCUT2D eigenvalue weighted by molar-refractivity contribution is 0.122. The molecule has 2 aromatic carbocycles. The van der Waals surface area contributed by atoms with Crippen LogP contribution in [-0.2, 0) is 42.5 Å². The van der Waals surface area contributed by atoms with Crippen LogP contribution in [0, 0.1) is 0 Å². The van der Waals surface area contributed by atoms with E-state index in [0.29, 0.717) is 50.2 Å². The number of anilines is 5. The molecule has 18 heteroatoms. The lowest BCUT2D eigenvalue weighted by Crippen LogP contribution is -2.39. The predicted octanol–water partition coefficient (Wildman–Crippen LogP) is 4.15. The van der Waals surface area contributed by atoms with E-state index < -0.39 is 0 Å². The molecule has 7 heterocycles. The number of hydrogen-bond donors (Lipinski definition) is 5. The van der Waals surface area contributed by atoms with Gasteiger partial charge in [-0.2, -0.15) is 0 Å². The number of aromatic nitrogens is 5. The first kappa shape index (κ1) is 44.0. The summed E-state index contributed by atoms with van der Waals surface area (Å²) in [6.45, 7) is 14.2. The minimum atomic E-state index is -0.233. The molecule has 0 radical (unpaired) electrons. The van der Waals surface area contributed by atoms with Crippen LogP contribution in [0.5, 0.6) is 0 Å². The average Bonchev–Trinajstić information content (AvgIpc) is 3.33. The summed E-state index contributed by atoms with van der Waals surface area (Å²) < 4.78 is 12.7. The number of aryl methyl sites for hydroxylation is 1. The van der Waals surface area contributed by atoms with Crippen LogP contribution in [0.15, 0.2) is 71.7 Å². The zero-order valence-corrected chi connectivity index (χ0v) is 36.8. The maximum absolute atomic E-state index is 11.9. The molecule has 3 aromatic heterocycles. The molecular formula is C46H57N13O5.